The molecule has 2 saturated heterocycles. The molecule has 1 aromatic rings. The van der Waals surface area contributed by atoms with Crippen LogP contribution in [0, 0.1) is 0 Å². The van der Waals surface area contributed by atoms with E-state index in [-0.39, 0.29) is 43.4 Å². The molecule has 0 spiro atoms. The van der Waals surface area contributed by atoms with Crippen molar-refractivity contribution in [2.45, 2.75) is 11.9 Å². The molecule has 29 heavy (non-hydrogen) atoms. The van der Waals surface area contributed by atoms with Gasteiger partial charge in [-0.05, 0) is 6.92 Å². The highest BCUT2D eigenvalue weighted by Gasteiger charge is 2.36. The molecule has 0 saturated carbocycles. The Morgan fingerprint density at radius 1 is 1.07 bits per heavy atom. The van der Waals surface area contributed by atoms with Gasteiger partial charge in [0.05, 0.1) is 26.0 Å². The summed E-state index contributed by atoms with van der Waals surface area (Å²) in [6, 6.07) is 0. The standard InChI is InChI=1S/C16H23N5O7S/c1-2-28-16(24)12-11-17-18-13(12)29(25,26)21-5-3-19(4-6-21)14(22)15(23)20-7-9-27-10-8-20/h11H,2-10H2,1H3,(H,17,18). The third-order valence-electron chi connectivity index (χ3n) is 4.70. The van der Waals surface area contributed by atoms with E-state index in [9.17, 15) is 22.8 Å². The van der Waals surface area contributed by atoms with Crippen LogP contribution < -0.4 is 0 Å². The Kier molecular flexibility index (Phi) is 6.49. The summed E-state index contributed by atoms with van der Waals surface area (Å²) >= 11 is 0. The van der Waals surface area contributed by atoms with Gasteiger partial charge in [-0.15, -0.1) is 0 Å². The Morgan fingerprint density at radius 3 is 2.24 bits per heavy atom. The number of aromatic nitrogens is 2. The number of nitrogens with one attached hydrogen (secondary N) is 1. The fraction of sp³-hybridized carbons (Fsp3) is 0.625. The van der Waals surface area contributed by atoms with E-state index in [1.54, 1.807) is 6.92 Å². The molecule has 0 aliphatic carbocycles. The number of piperazine rings is 1. The summed E-state index contributed by atoms with van der Waals surface area (Å²) in [7, 11) is -4.04. The van der Waals surface area contributed by atoms with Gasteiger partial charge in [-0.1, -0.05) is 0 Å². The Bertz CT molecular complexity index is 870. The van der Waals surface area contributed by atoms with Gasteiger partial charge in [0.1, 0.15) is 5.56 Å². The molecular formula is C16H23N5O7S. The van der Waals surface area contributed by atoms with Crippen molar-refractivity contribution in [3.63, 3.8) is 0 Å². The van der Waals surface area contributed by atoms with E-state index in [0.717, 1.165) is 10.5 Å². The quantitative estimate of drug-likeness (QED) is 0.440. The van der Waals surface area contributed by atoms with Crippen LogP contribution in [-0.4, -0.2) is 110 Å². The third kappa shape index (κ3) is 4.41. The first-order valence-corrected chi connectivity index (χ1v) is 10.7. The molecule has 0 unspecified atom stereocenters. The van der Waals surface area contributed by atoms with Crippen molar-refractivity contribution < 1.29 is 32.3 Å². The SMILES string of the molecule is CCOC(=O)c1cn[nH]c1S(=O)(=O)N1CCN(C(=O)C(=O)N2CCOCC2)CC1. The highest BCUT2D eigenvalue weighted by Crippen LogP contribution is 2.20. The lowest BCUT2D eigenvalue weighted by Gasteiger charge is -2.35. The summed E-state index contributed by atoms with van der Waals surface area (Å²) in [5.74, 6) is -2.05. The average molecular weight is 429 g/mol. The number of amides is 2. The van der Waals surface area contributed by atoms with Crippen molar-refractivity contribution in [3.8, 4) is 0 Å². The van der Waals surface area contributed by atoms with Gasteiger partial charge in [0.2, 0.25) is 0 Å². The number of rotatable bonds is 4. The van der Waals surface area contributed by atoms with Crippen LogP contribution in [0.15, 0.2) is 11.2 Å². The molecule has 1 N–H and O–H groups in total. The monoisotopic (exact) mass is 429 g/mol. The number of morpholine rings is 1. The number of carbonyl (C=O) groups excluding carboxylic acids is 3. The molecule has 0 atom stereocenters. The lowest BCUT2D eigenvalue weighted by molar-refractivity contribution is -0.154. The maximum absolute atomic E-state index is 12.9. The molecule has 1 aromatic heterocycles. The van der Waals surface area contributed by atoms with Crippen LogP contribution in [0.5, 0.6) is 0 Å². The minimum absolute atomic E-state index is 0.00818. The van der Waals surface area contributed by atoms with Crippen LogP contribution in [0.3, 0.4) is 0 Å². The summed E-state index contributed by atoms with van der Waals surface area (Å²) in [6.07, 6.45) is 1.10. The van der Waals surface area contributed by atoms with Crippen molar-refractivity contribution in [2.75, 3.05) is 59.1 Å². The molecule has 3 rings (SSSR count). The third-order valence-corrected chi connectivity index (χ3v) is 6.58. The molecule has 160 valence electrons. The second-order valence-corrected chi connectivity index (χ2v) is 8.31. The maximum Gasteiger partial charge on any atom is 0.342 e. The summed E-state index contributed by atoms with van der Waals surface area (Å²) < 4.78 is 37.0. The van der Waals surface area contributed by atoms with Crippen LogP contribution in [0.4, 0.5) is 0 Å². The minimum atomic E-state index is -4.04. The summed E-state index contributed by atoms with van der Waals surface area (Å²) in [5, 5.41) is 5.65. The van der Waals surface area contributed by atoms with Crippen molar-refractivity contribution in [3.05, 3.63) is 11.8 Å². The Labute approximate surface area is 167 Å². The van der Waals surface area contributed by atoms with Gasteiger partial charge >= 0.3 is 17.8 Å². The zero-order valence-electron chi connectivity index (χ0n) is 16.0. The summed E-state index contributed by atoms with van der Waals surface area (Å²) in [6.45, 7) is 3.31. The number of carbonyl (C=O) groups is 3. The number of H-pyrrole nitrogens is 1. The first kappa shape index (κ1) is 21.2. The zero-order chi connectivity index (χ0) is 21.0. The van der Waals surface area contributed by atoms with Crippen LogP contribution in [0.1, 0.15) is 17.3 Å². The second kappa shape index (κ2) is 8.88. The maximum atomic E-state index is 12.9. The highest BCUT2D eigenvalue weighted by atomic mass is 32.2. The summed E-state index contributed by atoms with van der Waals surface area (Å²) in [5.41, 5.74) is -0.173. The van der Waals surface area contributed by atoms with Gasteiger partial charge in [0.15, 0.2) is 5.03 Å². The number of sulfonamides is 1. The van der Waals surface area contributed by atoms with E-state index >= 15 is 0 Å². The minimum Gasteiger partial charge on any atom is -0.462 e. The van der Waals surface area contributed by atoms with Gasteiger partial charge in [-0.2, -0.15) is 9.40 Å². The van der Waals surface area contributed by atoms with E-state index in [1.165, 1.54) is 9.80 Å². The molecule has 13 heteroatoms. The number of hydrogen-bond donors (Lipinski definition) is 1. The van der Waals surface area contributed by atoms with E-state index in [0.29, 0.717) is 26.3 Å². The fourth-order valence-corrected chi connectivity index (χ4v) is 4.61. The largest absolute Gasteiger partial charge is 0.462 e. The van der Waals surface area contributed by atoms with Crippen molar-refractivity contribution in [1.29, 1.82) is 0 Å². The van der Waals surface area contributed by atoms with Gasteiger partial charge < -0.3 is 19.3 Å². The Balaban J connectivity index is 1.64. The molecule has 0 aromatic carbocycles. The van der Waals surface area contributed by atoms with Crippen molar-refractivity contribution >= 4 is 27.8 Å². The number of aromatic amines is 1. The molecule has 2 aliphatic rings. The average Bonchev–Trinajstić information content (AvgIpc) is 3.25. The molecule has 0 bridgehead atoms. The molecule has 2 amide bonds. The van der Waals surface area contributed by atoms with E-state index in [2.05, 4.69) is 10.2 Å². The molecule has 0 radical (unpaired) electrons. The van der Waals surface area contributed by atoms with Gasteiger partial charge in [-0.25, -0.2) is 13.2 Å². The normalized spacial score (nSPS) is 18.5. The number of esters is 1. The number of hydrogen-bond acceptors (Lipinski definition) is 8. The van der Waals surface area contributed by atoms with E-state index in [1.807, 2.05) is 0 Å². The zero-order valence-corrected chi connectivity index (χ0v) is 16.8. The molecular weight excluding hydrogens is 406 g/mol. The van der Waals surface area contributed by atoms with Gasteiger partial charge in [0.25, 0.3) is 10.0 Å². The van der Waals surface area contributed by atoms with Gasteiger partial charge in [-0.3, -0.25) is 14.7 Å². The lowest BCUT2D eigenvalue weighted by atomic mass is 10.3. The topological polar surface area (TPSA) is 142 Å². The smallest absolute Gasteiger partial charge is 0.342 e. The van der Waals surface area contributed by atoms with Crippen LogP contribution in [0.2, 0.25) is 0 Å². The van der Waals surface area contributed by atoms with Gasteiger partial charge in [0, 0.05) is 39.3 Å². The second-order valence-electron chi connectivity index (χ2n) is 6.43. The molecule has 2 fully saturated rings. The highest BCUT2D eigenvalue weighted by molar-refractivity contribution is 7.89. The molecule has 3 heterocycles. The number of nitrogens with zero attached hydrogens (tertiary/aromatic N) is 4. The summed E-state index contributed by atoms with van der Waals surface area (Å²) in [4.78, 5) is 39.5. The predicted octanol–water partition coefficient (Wildman–Crippen LogP) is -1.72. The van der Waals surface area contributed by atoms with Crippen molar-refractivity contribution in [1.82, 2.24) is 24.3 Å². The van der Waals surface area contributed by atoms with E-state index in [4.69, 9.17) is 9.47 Å². The molecule has 2 aliphatic heterocycles. The fourth-order valence-electron chi connectivity index (χ4n) is 3.12. The predicted molar refractivity (Wildman–Crippen MR) is 97.3 cm³/mol. The van der Waals surface area contributed by atoms with Crippen LogP contribution in [-0.2, 0) is 29.1 Å². The van der Waals surface area contributed by atoms with Crippen LogP contribution in [0.25, 0.3) is 0 Å². The lowest BCUT2D eigenvalue weighted by Crippen LogP contribution is -2.55. The van der Waals surface area contributed by atoms with E-state index < -0.39 is 27.8 Å². The molecule has 12 nitrogen and oxygen atoms in total. The van der Waals surface area contributed by atoms with Crippen molar-refractivity contribution in [2.24, 2.45) is 0 Å². The first-order chi connectivity index (χ1) is 13.9. The Hall–Kier alpha value is -2.51. The van der Waals surface area contributed by atoms with Crippen LogP contribution >= 0.6 is 0 Å². The first-order valence-electron chi connectivity index (χ1n) is 9.22. The Morgan fingerprint density at radius 2 is 1.66 bits per heavy atom. The number of ether oxygens (including phenoxy) is 2.